The van der Waals surface area contributed by atoms with Gasteiger partial charge in [0.05, 0.1) is 0 Å². The maximum Gasteiger partial charge on any atom is 0.0357 e. The quantitative estimate of drug-likeness (QED) is 0.788. The molecule has 1 aliphatic rings. The van der Waals surface area contributed by atoms with Crippen LogP contribution in [0.5, 0.6) is 0 Å². The first kappa shape index (κ1) is 10.6. The van der Waals surface area contributed by atoms with Gasteiger partial charge >= 0.3 is 0 Å². The van der Waals surface area contributed by atoms with Gasteiger partial charge in [-0.2, -0.15) is 0 Å². The molecule has 0 aliphatic carbocycles. The van der Waals surface area contributed by atoms with Crippen LogP contribution in [0.4, 0.5) is 0 Å². The normalized spacial score (nSPS) is 14.5. The molecule has 2 nitrogen and oxygen atoms in total. The lowest BCUT2D eigenvalue weighted by Crippen LogP contribution is -2.17. The number of hydrogen-bond donors (Lipinski definition) is 1. The number of rotatable bonds is 3. The van der Waals surface area contributed by atoms with Gasteiger partial charge in [0.25, 0.3) is 0 Å². The third-order valence-electron chi connectivity index (χ3n) is 2.37. The molecule has 0 spiro atoms. The van der Waals surface area contributed by atoms with Crippen molar-refractivity contribution in [2.45, 2.75) is 11.3 Å². The van der Waals surface area contributed by atoms with E-state index in [1.807, 2.05) is 0 Å². The van der Waals surface area contributed by atoms with E-state index >= 15 is 0 Å². The van der Waals surface area contributed by atoms with E-state index in [0.717, 1.165) is 13.0 Å². The summed E-state index contributed by atoms with van der Waals surface area (Å²) in [4.78, 5) is 3.51. The van der Waals surface area contributed by atoms with Crippen molar-refractivity contribution in [3.05, 3.63) is 35.5 Å². The standard InChI is InChI=1S/C12H16N2S/c1-14(2)8-7-11-9-10-5-3-4-6-12(10)15-13-11/h3-6,9,13H,7-8H2,1-2H3. The Kier molecular flexibility index (Phi) is 3.34. The second kappa shape index (κ2) is 4.73. The van der Waals surface area contributed by atoms with E-state index in [0.29, 0.717) is 0 Å². The van der Waals surface area contributed by atoms with E-state index in [2.05, 4.69) is 54.1 Å². The molecule has 0 radical (unpaired) electrons. The Morgan fingerprint density at radius 2 is 2.07 bits per heavy atom. The Bertz CT molecular complexity index is 372. The molecule has 0 fully saturated rings. The average Bonchev–Trinajstić information content (AvgIpc) is 2.26. The first-order valence-corrected chi connectivity index (χ1v) is 5.94. The molecule has 80 valence electrons. The van der Waals surface area contributed by atoms with Crippen molar-refractivity contribution in [3.8, 4) is 0 Å². The number of fused-ring (bicyclic) bond motifs is 1. The molecule has 15 heavy (non-hydrogen) atoms. The summed E-state index contributed by atoms with van der Waals surface area (Å²) in [7, 11) is 4.20. The van der Waals surface area contributed by atoms with E-state index in [9.17, 15) is 0 Å². The molecule has 1 aliphatic heterocycles. The Morgan fingerprint density at radius 1 is 1.27 bits per heavy atom. The Hall–Kier alpha value is -0.930. The van der Waals surface area contributed by atoms with Gasteiger partial charge in [0, 0.05) is 23.6 Å². The molecule has 3 heteroatoms. The third kappa shape index (κ3) is 2.76. The maximum absolute atomic E-state index is 3.38. The van der Waals surface area contributed by atoms with Crippen LogP contribution < -0.4 is 4.72 Å². The van der Waals surface area contributed by atoms with Crippen LogP contribution in [0.3, 0.4) is 0 Å². The van der Waals surface area contributed by atoms with Crippen molar-refractivity contribution in [2.75, 3.05) is 20.6 Å². The van der Waals surface area contributed by atoms with Crippen molar-refractivity contribution in [1.82, 2.24) is 9.62 Å². The molecule has 0 atom stereocenters. The average molecular weight is 220 g/mol. The predicted octanol–water partition coefficient (Wildman–Crippen LogP) is 2.59. The summed E-state index contributed by atoms with van der Waals surface area (Å²) in [6.45, 7) is 1.08. The molecule has 1 N–H and O–H groups in total. The van der Waals surface area contributed by atoms with Gasteiger partial charge in [0.15, 0.2) is 0 Å². The highest BCUT2D eigenvalue weighted by Crippen LogP contribution is 2.28. The fourth-order valence-electron chi connectivity index (χ4n) is 1.50. The van der Waals surface area contributed by atoms with Gasteiger partial charge < -0.3 is 9.62 Å². The first-order chi connectivity index (χ1) is 7.25. The van der Waals surface area contributed by atoms with Crippen LogP contribution in [0, 0.1) is 0 Å². The molecule has 1 heterocycles. The highest BCUT2D eigenvalue weighted by atomic mass is 32.2. The minimum absolute atomic E-state index is 1.08. The smallest absolute Gasteiger partial charge is 0.0357 e. The lowest BCUT2D eigenvalue weighted by atomic mass is 10.1. The van der Waals surface area contributed by atoms with E-state index in [1.165, 1.54) is 16.2 Å². The zero-order valence-corrected chi connectivity index (χ0v) is 9.97. The van der Waals surface area contributed by atoms with Gasteiger partial charge in [-0.05, 0) is 43.7 Å². The van der Waals surface area contributed by atoms with Gasteiger partial charge in [-0.3, -0.25) is 0 Å². The molecule has 0 saturated carbocycles. The lowest BCUT2D eigenvalue weighted by Gasteiger charge is -2.19. The van der Waals surface area contributed by atoms with Crippen LogP contribution in [-0.2, 0) is 0 Å². The van der Waals surface area contributed by atoms with E-state index in [-0.39, 0.29) is 0 Å². The summed E-state index contributed by atoms with van der Waals surface area (Å²) >= 11 is 1.71. The fraction of sp³-hybridized carbons (Fsp3) is 0.333. The van der Waals surface area contributed by atoms with Crippen molar-refractivity contribution >= 4 is 18.0 Å². The number of benzene rings is 1. The van der Waals surface area contributed by atoms with Crippen LogP contribution in [-0.4, -0.2) is 25.5 Å². The first-order valence-electron chi connectivity index (χ1n) is 5.13. The lowest BCUT2D eigenvalue weighted by molar-refractivity contribution is 0.412. The highest BCUT2D eigenvalue weighted by Gasteiger charge is 2.09. The van der Waals surface area contributed by atoms with Gasteiger partial charge in [0.2, 0.25) is 0 Å². The van der Waals surface area contributed by atoms with Crippen LogP contribution in [0.1, 0.15) is 12.0 Å². The molecule has 0 saturated heterocycles. The summed E-state index contributed by atoms with van der Waals surface area (Å²) in [5.41, 5.74) is 2.64. The van der Waals surface area contributed by atoms with Crippen LogP contribution in [0.2, 0.25) is 0 Å². The molecule has 1 aromatic carbocycles. The summed E-state index contributed by atoms with van der Waals surface area (Å²) in [5, 5.41) is 0. The van der Waals surface area contributed by atoms with Crippen LogP contribution >= 0.6 is 11.9 Å². The summed E-state index contributed by atoms with van der Waals surface area (Å²) in [5.74, 6) is 0. The molecule has 0 bridgehead atoms. The molecule has 2 rings (SSSR count). The van der Waals surface area contributed by atoms with Gasteiger partial charge in [-0.15, -0.1) is 0 Å². The second-order valence-electron chi connectivity index (χ2n) is 3.96. The zero-order valence-electron chi connectivity index (χ0n) is 9.16. The van der Waals surface area contributed by atoms with Crippen LogP contribution in [0.25, 0.3) is 6.08 Å². The molecule has 0 aromatic heterocycles. The molecule has 1 aromatic rings. The fourth-order valence-corrected chi connectivity index (χ4v) is 2.29. The molecular weight excluding hydrogens is 204 g/mol. The highest BCUT2D eigenvalue weighted by molar-refractivity contribution is 7.97. The van der Waals surface area contributed by atoms with Crippen molar-refractivity contribution < 1.29 is 0 Å². The van der Waals surface area contributed by atoms with Gasteiger partial charge in [0.1, 0.15) is 0 Å². The number of nitrogens with one attached hydrogen (secondary N) is 1. The van der Waals surface area contributed by atoms with Crippen LogP contribution in [0.15, 0.2) is 34.9 Å². The third-order valence-corrected chi connectivity index (χ3v) is 3.33. The van der Waals surface area contributed by atoms with Gasteiger partial charge in [-0.1, -0.05) is 18.2 Å². The van der Waals surface area contributed by atoms with Crippen molar-refractivity contribution in [3.63, 3.8) is 0 Å². The van der Waals surface area contributed by atoms with E-state index in [4.69, 9.17) is 0 Å². The summed E-state index contributed by atoms with van der Waals surface area (Å²) in [6, 6.07) is 8.47. The van der Waals surface area contributed by atoms with E-state index < -0.39 is 0 Å². The minimum Gasteiger partial charge on any atom is -0.329 e. The largest absolute Gasteiger partial charge is 0.329 e. The topological polar surface area (TPSA) is 15.3 Å². The second-order valence-corrected chi connectivity index (χ2v) is 4.81. The Morgan fingerprint density at radius 3 is 2.87 bits per heavy atom. The summed E-state index contributed by atoms with van der Waals surface area (Å²) < 4.78 is 3.38. The van der Waals surface area contributed by atoms with Gasteiger partial charge in [-0.25, -0.2) is 0 Å². The summed E-state index contributed by atoms with van der Waals surface area (Å²) in [6.07, 6.45) is 3.32. The van der Waals surface area contributed by atoms with Crippen molar-refractivity contribution in [2.24, 2.45) is 0 Å². The SMILES string of the molecule is CN(C)CCC1=Cc2ccccc2SN1. The Balaban J connectivity index is 2.08. The molecule has 0 unspecified atom stereocenters. The number of nitrogens with zero attached hydrogens (tertiary/aromatic N) is 1. The monoisotopic (exact) mass is 220 g/mol. The minimum atomic E-state index is 1.08. The predicted molar refractivity (Wildman–Crippen MR) is 66.6 cm³/mol. The molecule has 0 amide bonds. The Labute approximate surface area is 95.5 Å². The van der Waals surface area contributed by atoms with E-state index in [1.54, 1.807) is 11.9 Å². The number of hydrogen-bond acceptors (Lipinski definition) is 3. The van der Waals surface area contributed by atoms with Crippen molar-refractivity contribution in [1.29, 1.82) is 0 Å². The zero-order chi connectivity index (χ0) is 10.7. The maximum atomic E-state index is 3.38. The molecular formula is C12H16N2S.